The van der Waals surface area contributed by atoms with Crippen molar-refractivity contribution < 1.29 is 4.79 Å². The third-order valence-corrected chi connectivity index (χ3v) is 2.16. The molecule has 1 amide bonds. The van der Waals surface area contributed by atoms with Crippen LogP contribution in [0.15, 0.2) is 24.3 Å². The average molecular weight is 176 g/mol. The zero-order valence-electron chi connectivity index (χ0n) is 7.34. The van der Waals surface area contributed by atoms with Gasteiger partial charge in [-0.05, 0) is 11.6 Å². The van der Waals surface area contributed by atoms with Crippen molar-refractivity contribution in [1.29, 1.82) is 0 Å². The molecular formula is C10H12N2O. The van der Waals surface area contributed by atoms with Gasteiger partial charge in [-0.15, -0.1) is 0 Å². The van der Waals surface area contributed by atoms with Gasteiger partial charge in [0, 0.05) is 25.2 Å². The molecule has 2 N–H and O–H groups in total. The first-order valence-electron chi connectivity index (χ1n) is 4.45. The number of carbonyl (C=O) groups is 1. The van der Waals surface area contributed by atoms with Crippen LogP contribution in [0.25, 0.3) is 0 Å². The van der Waals surface area contributed by atoms with E-state index >= 15 is 0 Å². The van der Waals surface area contributed by atoms with E-state index < -0.39 is 0 Å². The van der Waals surface area contributed by atoms with Crippen molar-refractivity contribution in [2.75, 3.05) is 11.9 Å². The van der Waals surface area contributed by atoms with Gasteiger partial charge in [-0.3, -0.25) is 4.79 Å². The van der Waals surface area contributed by atoms with Crippen molar-refractivity contribution in [3.05, 3.63) is 29.8 Å². The highest BCUT2D eigenvalue weighted by atomic mass is 16.1. The highest BCUT2D eigenvalue weighted by Crippen LogP contribution is 2.15. The topological polar surface area (TPSA) is 41.1 Å². The van der Waals surface area contributed by atoms with Crippen molar-refractivity contribution in [1.82, 2.24) is 5.32 Å². The van der Waals surface area contributed by atoms with Crippen LogP contribution >= 0.6 is 0 Å². The number of anilines is 1. The largest absolute Gasteiger partial charge is 0.384 e. The Labute approximate surface area is 77.1 Å². The molecule has 0 bridgehead atoms. The van der Waals surface area contributed by atoms with Crippen LogP contribution in [-0.2, 0) is 11.3 Å². The zero-order valence-corrected chi connectivity index (χ0v) is 7.34. The van der Waals surface area contributed by atoms with Crippen LogP contribution in [0.1, 0.15) is 12.0 Å². The standard InChI is InChI=1S/C10H12N2O/c13-10-5-6-11-9-4-2-1-3-8(9)7-12-10/h1-4,11H,5-7H2,(H,12,13). The second kappa shape index (κ2) is 3.47. The molecule has 1 aliphatic rings. The number of carbonyl (C=O) groups excluding carboxylic acids is 1. The van der Waals surface area contributed by atoms with Crippen LogP contribution in [0.2, 0.25) is 0 Å². The fourth-order valence-electron chi connectivity index (χ4n) is 1.44. The van der Waals surface area contributed by atoms with Crippen molar-refractivity contribution in [3.8, 4) is 0 Å². The van der Waals surface area contributed by atoms with Gasteiger partial charge in [0.15, 0.2) is 0 Å². The monoisotopic (exact) mass is 176 g/mol. The molecule has 0 fully saturated rings. The molecule has 0 saturated heterocycles. The van der Waals surface area contributed by atoms with E-state index in [1.165, 1.54) is 0 Å². The van der Waals surface area contributed by atoms with E-state index in [9.17, 15) is 4.79 Å². The second-order valence-corrected chi connectivity index (χ2v) is 3.11. The molecule has 1 heterocycles. The summed E-state index contributed by atoms with van der Waals surface area (Å²) in [6.07, 6.45) is 0.550. The van der Waals surface area contributed by atoms with E-state index in [0.29, 0.717) is 19.5 Å². The summed E-state index contributed by atoms with van der Waals surface area (Å²) in [5.74, 6) is 0.113. The first-order valence-corrected chi connectivity index (χ1v) is 4.45. The van der Waals surface area contributed by atoms with Crippen LogP contribution in [-0.4, -0.2) is 12.5 Å². The fourth-order valence-corrected chi connectivity index (χ4v) is 1.44. The molecule has 68 valence electrons. The minimum absolute atomic E-state index is 0.113. The van der Waals surface area contributed by atoms with Gasteiger partial charge in [-0.25, -0.2) is 0 Å². The van der Waals surface area contributed by atoms with E-state index in [0.717, 1.165) is 11.3 Å². The van der Waals surface area contributed by atoms with Crippen LogP contribution in [0.4, 0.5) is 5.69 Å². The highest BCUT2D eigenvalue weighted by Gasteiger charge is 2.08. The van der Waals surface area contributed by atoms with E-state index in [1.807, 2.05) is 24.3 Å². The molecule has 3 heteroatoms. The lowest BCUT2D eigenvalue weighted by molar-refractivity contribution is -0.121. The fraction of sp³-hybridized carbons (Fsp3) is 0.300. The lowest BCUT2D eigenvalue weighted by Crippen LogP contribution is -2.27. The second-order valence-electron chi connectivity index (χ2n) is 3.11. The lowest BCUT2D eigenvalue weighted by atomic mass is 10.1. The van der Waals surface area contributed by atoms with Crippen molar-refractivity contribution in [3.63, 3.8) is 0 Å². The molecule has 0 atom stereocenters. The van der Waals surface area contributed by atoms with Gasteiger partial charge in [0.25, 0.3) is 0 Å². The summed E-state index contributed by atoms with van der Waals surface area (Å²) in [7, 11) is 0. The van der Waals surface area contributed by atoms with Crippen molar-refractivity contribution in [2.45, 2.75) is 13.0 Å². The maximum Gasteiger partial charge on any atom is 0.222 e. The minimum atomic E-state index is 0.113. The number of rotatable bonds is 0. The molecule has 0 radical (unpaired) electrons. The summed E-state index contributed by atoms with van der Waals surface area (Å²) in [6.45, 7) is 1.34. The molecular weight excluding hydrogens is 164 g/mol. The number of hydrogen-bond donors (Lipinski definition) is 2. The molecule has 1 aromatic carbocycles. The lowest BCUT2D eigenvalue weighted by Gasteiger charge is -2.15. The predicted molar refractivity (Wildman–Crippen MR) is 51.4 cm³/mol. The predicted octanol–water partition coefficient (Wildman–Crippen LogP) is 1.12. The smallest absolute Gasteiger partial charge is 0.222 e. The van der Waals surface area contributed by atoms with E-state index in [1.54, 1.807) is 0 Å². The summed E-state index contributed by atoms with van der Waals surface area (Å²) >= 11 is 0. The third-order valence-electron chi connectivity index (χ3n) is 2.16. The summed E-state index contributed by atoms with van der Waals surface area (Å²) in [5.41, 5.74) is 2.28. The first kappa shape index (κ1) is 8.10. The number of hydrogen-bond acceptors (Lipinski definition) is 2. The van der Waals surface area contributed by atoms with Crippen molar-refractivity contribution >= 4 is 11.6 Å². The van der Waals surface area contributed by atoms with E-state index in [-0.39, 0.29) is 5.91 Å². The number of nitrogens with one attached hydrogen (secondary N) is 2. The average Bonchev–Trinajstić information content (AvgIpc) is 2.13. The quantitative estimate of drug-likeness (QED) is 0.622. The normalized spacial score (nSPS) is 16.2. The Bertz CT molecular complexity index is 322. The minimum Gasteiger partial charge on any atom is -0.384 e. The number of amides is 1. The number of benzene rings is 1. The number of para-hydroxylation sites is 1. The van der Waals surface area contributed by atoms with Gasteiger partial charge in [0.05, 0.1) is 0 Å². The molecule has 1 aliphatic heterocycles. The Balaban J connectivity index is 2.24. The van der Waals surface area contributed by atoms with E-state index in [2.05, 4.69) is 10.6 Å². The Morgan fingerprint density at radius 1 is 1.15 bits per heavy atom. The molecule has 0 aromatic heterocycles. The Kier molecular flexibility index (Phi) is 2.17. The molecule has 0 unspecified atom stereocenters. The van der Waals surface area contributed by atoms with Crippen LogP contribution in [0.3, 0.4) is 0 Å². The van der Waals surface area contributed by atoms with Crippen LogP contribution < -0.4 is 10.6 Å². The van der Waals surface area contributed by atoms with Crippen LogP contribution in [0.5, 0.6) is 0 Å². The number of fused-ring (bicyclic) bond motifs is 1. The Hall–Kier alpha value is -1.51. The first-order chi connectivity index (χ1) is 6.36. The molecule has 0 spiro atoms. The summed E-state index contributed by atoms with van der Waals surface area (Å²) in [6, 6.07) is 8.03. The van der Waals surface area contributed by atoms with Gasteiger partial charge >= 0.3 is 0 Å². The zero-order chi connectivity index (χ0) is 9.10. The summed E-state index contributed by atoms with van der Waals surface area (Å²) in [5, 5.41) is 6.10. The highest BCUT2D eigenvalue weighted by molar-refractivity contribution is 5.77. The van der Waals surface area contributed by atoms with Gasteiger partial charge in [-0.1, -0.05) is 18.2 Å². The molecule has 0 aliphatic carbocycles. The van der Waals surface area contributed by atoms with E-state index in [4.69, 9.17) is 0 Å². The SMILES string of the molecule is O=C1CCNc2ccccc2CN1. The molecule has 0 saturated carbocycles. The Morgan fingerprint density at radius 2 is 2.00 bits per heavy atom. The molecule has 2 rings (SSSR count). The third kappa shape index (κ3) is 1.80. The Morgan fingerprint density at radius 3 is 2.92 bits per heavy atom. The van der Waals surface area contributed by atoms with Crippen molar-refractivity contribution in [2.24, 2.45) is 0 Å². The maximum atomic E-state index is 11.1. The van der Waals surface area contributed by atoms with Gasteiger partial charge in [0.1, 0.15) is 0 Å². The van der Waals surface area contributed by atoms with Crippen LogP contribution in [0, 0.1) is 0 Å². The molecule has 1 aromatic rings. The van der Waals surface area contributed by atoms with Gasteiger partial charge < -0.3 is 10.6 Å². The molecule has 13 heavy (non-hydrogen) atoms. The van der Waals surface area contributed by atoms with Gasteiger partial charge in [-0.2, -0.15) is 0 Å². The molecule has 3 nitrogen and oxygen atoms in total. The maximum absolute atomic E-state index is 11.1. The van der Waals surface area contributed by atoms with Gasteiger partial charge in [0.2, 0.25) is 5.91 Å². The summed E-state index contributed by atoms with van der Waals surface area (Å²) in [4.78, 5) is 11.1. The summed E-state index contributed by atoms with van der Waals surface area (Å²) < 4.78 is 0.